The Morgan fingerprint density at radius 2 is 2.00 bits per heavy atom. The molecule has 0 heterocycles. The maximum Gasteiger partial charge on any atom is 0.149 e. The average Bonchev–Trinajstić information content (AvgIpc) is 2.49. The Bertz CT molecular complexity index is 516. The first-order chi connectivity index (χ1) is 10.5. The minimum atomic E-state index is -0.221. The van der Waals surface area contributed by atoms with Crippen LogP contribution in [0.1, 0.15) is 77.7 Å². The lowest BCUT2D eigenvalue weighted by Gasteiger charge is -2.16. The molecular weight excluding hydrogens is 273 g/mol. The van der Waals surface area contributed by atoms with Crippen molar-refractivity contribution >= 4 is 11.4 Å². The summed E-state index contributed by atoms with van der Waals surface area (Å²) in [5.74, 6) is 0.0200. The van der Waals surface area contributed by atoms with Crippen LogP contribution in [0.25, 0.3) is 0 Å². The van der Waals surface area contributed by atoms with E-state index in [9.17, 15) is 4.39 Å². The molecule has 122 valence electrons. The quantitative estimate of drug-likeness (QED) is 0.266. The molecule has 1 atom stereocenters. The number of hydrogen-bond acceptors (Lipinski definition) is 1. The summed E-state index contributed by atoms with van der Waals surface area (Å²) in [5.41, 5.74) is 3.73. The lowest BCUT2D eigenvalue weighted by atomic mass is 9.92. The number of benzene rings is 1. The Morgan fingerprint density at radius 1 is 1.27 bits per heavy atom. The van der Waals surface area contributed by atoms with Crippen molar-refractivity contribution in [1.29, 1.82) is 0 Å². The highest BCUT2D eigenvalue weighted by Gasteiger charge is 2.14. The fourth-order valence-corrected chi connectivity index (χ4v) is 2.61. The largest absolute Gasteiger partial charge is 0.255 e. The van der Waals surface area contributed by atoms with E-state index in [2.05, 4.69) is 32.3 Å². The third-order valence-corrected chi connectivity index (χ3v) is 4.09. The van der Waals surface area contributed by atoms with Gasteiger partial charge in [-0.1, -0.05) is 57.9 Å². The number of hydrogen-bond donors (Lipinski definition) is 0. The van der Waals surface area contributed by atoms with Crippen molar-refractivity contribution in [2.75, 3.05) is 0 Å². The molecule has 0 fully saturated rings. The third-order valence-electron chi connectivity index (χ3n) is 4.09. The standard InChI is InChI=1S/C20H30FN/c1-6-8-9-11-17(5)22-20-18(12-10-13-19(20)21)16(4)14-15(3)7-2/h10,12-13,16H,3,6-9,11,14H2,1-2,4-5H3/b22-17+. The second-order valence-electron chi connectivity index (χ2n) is 6.19. The summed E-state index contributed by atoms with van der Waals surface area (Å²) in [5, 5.41) is 0. The number of aliphatic imine (C=N–C) groups is 1. The van der Waals surface area contributed by atoms with E-state index in [1.54, 1.807) is 6.07 Å². The van der Waals surface area contributed by atoms with Crippen molar-refractivity contribution in [2.45, 2.75) is 72.1 Å². The van der Waals surface area contributed by atoms with Crippen molar-refractivity contribution in [3.8, 4) is 0 Å². The van der Waals surface area contributed by atoms with Gasteiger partial charge in [-0.3, -0.25) is 4.99 Å². The van der Waals surface area contributed by atoms with Crippen LogP contribution in [0, 0.1) is 5.82 Å². The minimum absolute atomic E-state index is 0.221. The number of unbranched alkanes of at least 4 members (excludes halogenated alkanes) is 2. The van der Waals surface area contributed by atoms with Crippen LogP contribution in [-0.2, 0) is 0 Å². The van der Waals surface area contributed by atoms with E-state index in [0.29, 0.717) is 5.69 Å². The maximum atomic E-state index is 14.2. The van der Waals surface area contributed by atoms with E-state index in [1.807, 2.05) is 13.0 Å². The van der Waals surface area contributed by atoms with E-state index < -0.39 is 0 Å². The maximum absolute atomic E-state index is 14.2. The first kappa shape index (κ1) is 18.6. The Hall–Kier alpha value is -1.44. The monoisotopic (exact) mass is 303 g/mol. The molecule has 1 nitrogen and oxygen atoms in total. The molecule has 0 N–H and O–H groups in total. The van der Waals surface area contributed by atoms with Gasteiger partial charge in [-0.2, -0.15) is 0 Å². The molecule has 0 aliphatic carbocycles. The van der Waals surface area contributed by atoms with Gasteiger partial charge in [0.05, 0.1) is 0 Å². The van der Waals surface area contributed by atoms with Crippen LogP contribution in [0.15, 0.2) is 35.3 Å². The summed E-state index contributed by atoms with van der Waals surface area (Å²) < 4.78 is 14.2. The Kier molecular flexibility index (Phi) is 8.08. The first-order valence-corrected chi connectivity index (χ1v) is 8.48. The van der Waals surface area contributed by atoms with Crippen LogP contribution in [0.3, 0.4) is 0 Å². The summed E-state index contributed by atoms with van der Waals surface area (Å²) >= 11 is 0. The van der Waals surface area contributed by atoms with Crippen LogP contribution in [0.2, 0.25) is 0 Å². The molecule has 1 aromatic carbocycles. The van der Waals surface area contributed by atoms with Gasteiger partial charge < -0.3 is 0 Å². The van der Waals surface area contributed by atoms with Crippen LogP contribution >= 0.6 is 0 Å². The number of halogens is 1. The molecule has 0 aliphatic rings. The van der Waals surface area contributed by atoms with Gasteiger partial charge in [0.2, 0.25) is 0 Å². The molecule has 0 bridgehead atoms. The van der Waals surface area contributed by atoms with E-state index in [0.717, 1.165) is 37.0 Å². The first-order valence-electron chi connectivity index (χ1n) is 8.48. The zero-order valence-electron chi connectivity index (χ0n) is 14.6. The molecule has 1 unspecified atom stereocenters. The zero-order chi connectivity index (χ0) is 16.5. The molecule has 0 spiro atoms. The molecule has 1 rings (SSSR count). The number of allylic oxidation sites excluding steroid dienone is 1. The summed E-state index contributed by atoms with van der Waals surface area (Å²) in [7, 11) is 0. The molecule has 0 aromatic heterocycles. The van der Waals surface area contributed by atoms with Crippen molar-refractivity contribution in [1.82, 2.24) is 0 Å². The van der Waals surface area contributed by atoms with Crippen LogP contribution in [0.5, 0.6) is 0 Å². The van der Waals surface area contributed by atoms with Gasteiger partial charge >= 0.3 is 0 Å². The minimum Gasteiger partial charge on any atom is -0.255 e. The lowest BCUT2D eigenvalue weighted by molar-refractivity contribution is 0.622. The second-order valence-corrected chi connectivity index (χ2v) is 6.19. The highest BCUT2D eigenvalue weighted by molar-refractivity contribution is 5.85. The van der Waals surface area contributed by atoms with Gasteiger partial charge in [-0.25, -0.2) is 4.39 Å². The van der Waals surface area contributed by atoms with E-state index in [-0.39, 0.29) is 11.7 Å². The molecule has 22 heavy (non-hydrogen) atoms. The van der Waals surface area contributed by atoms with E-state index in [4.69, 9.17) is 0 Å². The average molecular weight is 303 g/mol. The molecule has 2 heteroatoms. The lowest BCUT2D eigenvalue weighted by Crippen LogP contribution is -1.99. The molecule has 1 aromatic rings. The van der Waals surface area contributed by atoms with E-state index in [1.165, 1.54) is 24.5 Å². The Balaban J connectivity index is 2.98. The van der Waals surface area contributed by atoms with Crippen molar-refractivity contribution in [3.63, 3.8) is 0 Å². The van der Waals surface area contributed by atoms with Gasteiger partial charge in [-0.05, 0) is 50.2 Å². The molecule has 0 amide bonds. The normalized spacial score (nSPS) is 13.2. The number of para-hydroxylation sites is 1. The van der Waals surface area contributed by atoms with Crippen molar-refractivity contribution < 1.29 is 4.39 Å². The summed E-state index contributed by atoms with van der Waals surface area (Å²) in [6, 6.07) is 5.28. The van der Waals surface area contributed by atoms with Crippen LogP contribution in [0.4, 0.5) is 10.1 Å². The summed E-state index contributed by atoms with van der Waals surface area (Å²) in [4.78, 5) is 4.60. The molecule has 0 aliphatic heterocycles. The van der Waals surface area contributed by atoms with Crippen LogP contribution < -0.4 is 0 Å². The summed E-state index contributed by atoms with van der Waals surface area (Å²) in [6.07, 6.45) is 6.30. The van der Waals surface area contributed by atoms with Gasteiger partial charge in [-0.15, -0.1) is 0 Å². The fraction of sp³-hybridized carbons (Fsp3) is 0.550. The van der Waals surface area contributed by atoms with Crippen LogP contribution in [-0.4, -0.2) is 5.71 Å². The summed E-state index contributed by atoms with van der Waals surface area (Å²) in [6.45, 7) is 12.5. The zero-order valence-corrected chi connectivity index (χ0v) is 14.6. The highest BCUT2D eigenvalue weighted by Crippen LogP contribution is 2.33. The number of nitrogens with zero attached hydrogens (tertiary/aromatic N) is 1. The fourth-order valence-electron chi connectivity index (χ4n) is 2.61. The SMILES string of the molecule is C=C(CC)CC(C)c1cccc(F)c1/N=C(\C)CCCCC. The van der Waals surface area contributed by atoms with E-state index >= 15 is 0 Å². The Labute approximate surface area is 135 Å². The topological polar surface area (TPSA) is 12.4 Å². The van der Waals surface area contributed by atoms with Crippen molar-refractivity contribution in [3.05, 3.63) is 41.7 Å². The second kappa shape index (κ2) is 9.55. The molecule has 0 saturated heterocycles. The molecule has 0 radical (unpaired) electrons. The van der Waals surface area contributed by atoms with Gasteiger partial charge in [0, 0.05) is 5.71 Å². The molecular formula is C20H30FN. The third kappa shape index (κ3) is 5.75. The van der Waals surface area contributed by atoms with Crippen molar-refractivity contribution in [2.24, 2.45) is 4.99 Å². The van der Waals surface area contributed by atoms with Gasteiger partial charge in [0.25, 0.3) is 0 Å². The highest BCUT2D eigenvalue weighted by atomic mass is 19.1. The predicted octanol–water partition coefficient (Wildman–Crippen LogP) is 6.96. The van der Waals surface area contributed by atoms with Gasteiger partial charge in [0.15, 0.2) is 0 Å². The van der Waals surface area contributed by atoms with Gasteiger partial charge in [0.1, 0.15) is 11.5 Å². The molecule has 0 saturated carbocycles. The smallest absolute Gasteiger partial charge is 0.149 e. The number of rotatable bonds is 9. The Morgan fingerprint density at radius 3 is 2.64 bits per heavy atom. The predicted molar refractivity (Wildman–Crippen MR) is 95.8 cm³/mol.